The summed E-state index contributed by atoms with van der Waals surface area (Å²) in [4.78, 5) is 11.6. The van der Waals surface area contributed by atoms with Crippen molar-refractivity contribution in [2.45, 2.75) is 57.5 Å². The van der Waals surface area contributed by atoms with Crippen LogP contribution < -0.4 is 10.2 Å². The van der Waals surface area contributed by atoms with Gasteiger partial charge in [0.2, 0.25) is 0 Å². The maximum Gasteiger partial charge on any atom is 0.149 e. The zero-order valence-corrected chi connectivity index (χ0v) is 20.0. The Labute approximate surface area is 199 Å². The molecule has 1 aliphatic carbocycles. The molecule has 0 aliphatic heterocycles. The highest BCUT2D eigenvalue weighted by Gasteiger charge is 2.21. The highest BCUT2D eigenvalue weighted by atomic mass is 35.5. The summed E-state index contributed by atoms with van der Waals surface area (Å²) >= 11 is 5.68. The maximum atomic E-state index is 14.1. The van der Waals surface area contributed by atoms with Crippen LogP contribution in [-0.2, 0) is 13.0 Å². The first-order valence-corrected chi connectivity index (χ1v) is 12.1. The molecule has 176 valence electrons. The monoisotopic (exact) mass is 472 g/mol. The predicted octanol–water partition coefficient (Wildman–Crippen LogP) is 6.30. The standard InChI is InChI=1S/C26H31ClF2N4/c1-33(2)26-20-7-3-4-8-22(20)31-23(32-26)9-5-6-17-10-13-19(14-11-17)30-16-18-12-15-21(28)24(27)25(18)29/h3-4,7-8,12,15,17,19,30H,5-6,9-11,13-14,16H2,1-2H3. The highest BCUT2D eigenvalue weighted by molar-refractivity contribution is 6.30. The van der Waals surface area contributed by atoms with Crippen LogP contribution in [0, 0.1) is 17.6 Å². The fourth-order valence-electron chi connectivity index (χ4n) is 4.72. The van der Waals surface area contributed by atoms with Crippen molar-refractivity contribution in [2.75, 3.05) is 19.0 Å². The van der Waals surface area contributed by atoms with Crippen molar-refractivity contribution in [2.24, 2.45) is 5.92 Å². The van der Waals surface area contributed by atoms with Crippen LogP contribution in [0.3, 0.4) is 0 Å². The number of aryl methyl sites for hydroxylation is 1. The molecule has 7 heteroatoms. The number of benzene rings is 2. The Morgan fingerprint density at radius 2 is 1.79 bits per heavy atom. The Kier molecular flexibility index (Phi) is 7.76. The molecule has 1 heterocycles. The van der Waals surface area contributed by atoms with Gasteiger partial charge in [0, 0.05) is 44.1 Å². The average Bonchev–Trinajstić information content (AvgIpc) is 2.82. The molecule has 1 fully saturated rings. The summed E-state index contributed by atoms with van der Waals surface area (Å²) < 4.78 is 27.4. The molecule has 4 nitrogen and oxygen atoms in total. The third kappa shape index (κ3) is 5.79. The lowest BCUT2D eigenvalue weighted by Crippen LogP contribution is -2.33. The molecule has 0 amide bonds. The summed E-state index contributed by atoms with van der Waals surface area (Å²) in [6.07, 6.45) is 7.58. The van der Waals surface area contributed by atoms with Crippen molar-refractivity contribution < 1.29 is 8.78 Å². The van der Waals surface area contributed by atoms with Gasteiger partial charge < -0.3 is 10.2 Å². The molecule has 3 aromatic rings. The molecular formula is C26H31ClF2N4. The molecule has 1 aliphatic rings. The van der Waals surface area contributed by atoms with Crippen molar-refractivity contribution in [1.82, 2.24) is 15.3 Å². The van der Waals surface area contributed by atoms with Gasteiger partial charge in [-0.3, -0.25) is 0 Å². The zero-order valence-electron chi connectivity index (χ0n) is 19.3. The van der Waals surface area contributed by atoms with Crippen LogP contribution in [0.5, 0.6) is 0 Å². The number of hydrogen-bond acceptors (Lipinski definition) is 4. The van der Waals surface area contributed by atoms with Gasteiger partial charge in [0.15, 0.2) is 0 Å². The van der Waals surface area contributed by atoms with Gasteiger partial charge in [-0.05, 0) is 56.2 Å². The predicted molar refractivity (Wildman–Crippen MR) is 131 cm³/mol. The molecule has 0 atom stereocenters. The van der Waals surface area contributed by atoms with Gasteiger partial charge in [0.25, 0.3) is 0 Å². The molecule has 33 heavy (non-hydrogen) atoms. The van der Waals surface area contributed by atoms with Gasteiger partial charge in [0.1, 0.15) is 28.3 Å². The van der Waals surface area contributed by atoms with Crippen LogP contribution in [0.25, 0.3) is 10.9 Å². The second kappa shape index (κ2) is 10.7. The molecule has 0 spiro atoms. The average molecular weight is 473 g/mol. The third-order valence-corrected chi connectivity index (χ3v) is 6.96. The number of nitrogens with one attached hydrogen (secondary N) is 1. The Balaban J connectivity index is 1.24. The summed E-state index contributed by atoms with van der Waals surface area (Å²) in [6, 6.07) is 11.2. The van der Waals surface area contributed by atoms with E-state index in [4.69, 9.17) is 21.6 Å². The number of aromatic nitrogens is 2. The number of anilines is 1. The van der Waals surface area contributed by atoms with E-state index >= 15 is 0 Å². The number of fused-ring (bicyclic) bond motifs is 1. The molecule has 0 bridgehead atoms. The van der Waals surface area contributed by atoms with Gasteiger partial charge in [-0.25, -0.2) is 18.7 Å². The van der Waals surface area contributed by atoms with Crippen molar-refractivity contribution in [3.05, 3.63) is 64.4 Å². The van der Waals surface area contributed by atoms with Crippen molar-refractivity contribution in [1.29, 1.82) is 0 Å². The molecule has 1 aromatic heterocycles. The minimum absolute atomic E-state index is 0.357. The van der Waals surface area contributed by atoms with Crippen LogP contribution in [0.1, 0.15) is 49.9 Å². The highest BCUT2D eigenvalue weighted by Crippen LogP contribution is 2.29. The lowest BCUT2D eigenvalue weighted by Gasteiger charge is -2.29. The van der Waals surface area contributed by atoms with E-state index in [0.29, 0.717) is 24.1 Å². The summed E-state index contributed by atoms with van der Waals surface area (Å²) in [6.45, 7) is 0.370. The largest absolute Gasteiger partial charge is 0.362 e. The minimum atomic E-state index is -0.717. The molecule has 0 unspecified atom stereocenters. The molecule has 0 radical (unpaired) electrons. The molecule has 4 rings (SSSR count). The SMILES string of the molecule is CN(C)c1nc(CCCC2CCC(NCc3ccc(F)c(Cl)c3F)CC2)nc2ccccc12. The normalized spacial score (nSPS) is 18.6. The number of hydrogen-bond donors (Lipinski definition) is 1. The van der Waals surface area contributed by atoms with Crippen molar-refractivity contribution in [3.8, 4) is 0 Å². The molecule has 0 saturated heterocycles. The third-order valence-electron chi connectivity index (χ3n) is 6.61. The number of rotatable bonds is 8. The Morgan fingerprint density at radius 1 is 1.03 bits per heavy atom. The Hall–Kier alpha value is -2.31. The molecule has 1 saturated carbocycles. The van der Waals surface area contributed by atoms with E-state index in [2.05, 4.69) is 11.4 Å². The second-order valence-corrected chi connectivity index (χ2v) is 9.58. The van der Waals surface area contributed by atoms with Gasteiger partial charge in [-0.2, -0.15) is 0 Å². The summed E-state index contributed by atoms with van der Waals surface area (Å²) in [5, 5.41) is 4.07. The van der Waals surface area contributed by atoms with Crippen LogP contribution in [0.15, 0.2) is 36.4 Å². The van der Waals surface area contributed by atoms with Crippen LogP contribution in [0.2, 0.25) is 5.02 Å². The van der Waals surface area contributed by atoms with E-state index in [9.17, 15) is 8.78 Å². The zero-order chi connectivity index (χ0) is 23.4. The van der Waals surface area contributed by atoms with Gasteiger partial charge in [-0.1, -0.05) is 36.2 Å². The molecule has 1 N–H and O–H groups in total. The van der Waals surface area contributed by atoms with E-state index in [1.165, 1.54) is 18.6 Å². The summed E-state index contributed by atoms with van der Waals surface area (Å²) in [7, 11) is 4.04. The van der Waals surface area contributed by atoms with E-state index in [1.54, 1.807) is 0 Å². The van der Waals surface area contributed by atoms with Crippen molar-refractivity contribution >= 4 is 28.3 Å². The lowest BCUT2D eigenvalue weighted by molar-refractivity contribution is 0.274. The van der Waals surface area contributed by atoms with Crippen LogP contribution in [0.4, 0.5) is 14.6 Å². The Bertz CT molecular complexity index is 1100. The van der Waals surface area contributed by atoms with Crippen molar-refractivity contribution in [3.63, 3.8) is 0 Å². The summed E-state index contributed by atoms with van der Waals surface area (Å²) in [5.41, 5.74) is 1.41. The van der Waals surface area contributed by atoms with E-state index in [0.717, 1.165) is 61.1 Å². The number of halogens is 3. The van der Waals surface area contributed by atoms with Gasteiger partial charge in [-0.15, -0.1) is 0 Å². The molecular weight excluding hydrogens is 442 g/mol. The quantitative estimate of drug-likeness (QED) is 0.391. The topological polar surface area (TPSA) is 41.1 Å². The number of nitrogens with zero attached hydrogens (tertiary/aromatic N) is 3. The summed E-state index contributed by atoms with van der Waals surface area (Å²) in [5.74, 6) is 1.21. The van der Waals surface area contributed by atoms with Gasteiger partial charge >= 0.3 is 0 Å². The first kappa shape index (κ1) is 23.8. The fourth-order valence-corrected chi connectivity index (χ4v) is 4.90. The van der Waals surface area contributed by atoms with Gasteiger partial charge in [0.05, 0.1) is 5.52 Å². The molecule has 2 aromatic carbocycles. The lowest BCUT2D eigenvalue weighted by atomic mass is 9.83. The smallest absolute Gasteiger partial charge is 0.149 e. The minimum Gasteiger partial charge on any atom is -0.362 e. The van der Waals surface area contributed by atoms with Crippen LogP contribution >= 0.6 is 11.6 Å². The second-order valence-electron chi connectivity index (χ2n) is 9.20. The van der Waals surface area contributed by atoms with Crippen LogP contribution in [-0.4, -0.2) is 30.1 Å². The van der Waals surface area contributed by atoms with E-state index in [-0.39, 0.29) is 0 Å². The maximum absolute atomic E-state index is 14.1. The van der Waals surface area contributed by atoms with E-state index < -0.39 is 16.7 Å². The Morgan fingerprint density at radius 3 is 2.55 bits per heavy atom. The van der Waals surface area contributed by atoms with E-state index in [1.807, 2.05) is 37.2 Å². The number of para-hydroxylation sites is 1. The fraction of sp³-hybridized carbons (Fsp3) is 0.462. The first-order valence-electron chi connectivity index (χ1n) is 11.7. The first-order chi connectivity index (χ1) is 15.9.